The summed E-state index contributed by atoms with van der Waals surface area (Å²) in [4.78, 5) is 4.31. The molecule has 0 amide bonds. The number of nitrogens with zero attached hydrogens (tertiary/aromatic N) is 1. The van der Waals surface area contributed by atoms with Crippen molar-refractivity contribution in [2.75, 3.05) is 19.7 Å². The zero-order valence-electron chi connectivity index (χ0n) is 9.19. The van der Waals surface area contributed by atoms with Crippen LogP contribution in [-0.4, -0.2) is 31.6 Å². The summed E-state index contributed by atoms with van der Waals surface area (Å²) in [7, 11) is 0. The van der Waals surface area contributed by atoms with Crippen molar-refractivity contribution in [3.05, 3.63) is 24.2 Å². The molecule has 3 rings (SSSR count). The van der Waals surface area contributed by atoms with Crippen LogP contribution in [0.25, 0.3) is 0 Å². The minimum absolute atomic E-state index is 0.147. The van der Waals surface area contributed by atoms with Crippen molar-refractivity contribution in [2.45, 2.75) is 6.10 Å². The van der Waals surface area contributed by atoms with Gasteiger partial charge < -0.3 is 14.8 Å². The molecule has 78 valence electrons. The highest BCUT2D eigenvalue weighted by Crippen LogP contribution is 2.31. The van der Waals surface area contributed by atoms with E-state index in [1.165, 1.54) is 0 Å². The van der Waals surface area contributed by atoms with Crippen molar-refractivity contribution in [3.63, 3.8) is 0 Å². The second-order valence-corrected chi connectivity index (χ2v) is 3.48. The van der Waals surface area contributed by atoms with Crippen LogP contribution in [0.4, 0.5) is 0 Å². The number of ether oxygens (including phenoxy) is 2. The second kappa shape index (κ2) is 3.46. The van der Waals surface area contributed by atoms with E-state index < -0.39 is 0 Å². The number of fused-ring (bicyclic) bond motifs is 1. The van der Waals surface area contributed by atoms with Crippen LogP contribution in [0.3, 0.4) is 0 Å². The molecule has 1 atom stereocenters. The lowest BCUT2D eigenvalue weighted by Crippen LogP contribution is -2.42. The number of amidine groups is 1. The van der Waals surface area contributed by atoms with Gasteiger partial charge in [-0.15, -0.1) is 0 Å². The molecule has 1 aromatic rings. The summed E-state index contributed by atoms with van der Waals surface area (Å²) in [5.74, 6) is 2.19. The fourth-order valence-corrected chi connectivity index (χ4v) is 1.73. The Kier molecular flexibility index (Phi) is 1.74. The van der Waals surface area contributed by atoms with Gasteiger partial charge in [-0.05, 0) is 12.1 Å². The molecular weight excluding hydrogens is 192 g/mol. The number of hydrogen-bond donors (Lipinski definition) is 1. The Hall–Kier alpha value is -1.71. The van der Waals surface area contributed by atoms with E-state index in [0.717, 1.165) is 18.9 Å². The first-order valence-electron chi connectivity index (χ1n) is 5.51. The van der Waals surface area contributed by atoms with E-state index in [4.69, 9.17) is 10.8 Å². The van der Waals surface area contributed by atoms with Gasteiger partial charge in [-0.3, -0.25) is 4.99 Å². The Labute approximate surface area is 89.3 Å². The van der Waals surface area contributed by atoms with Gasteiger partial charge in [0.15, 0.2) is 17.6 Å². The lowest BCUT2D eigenvalue weighted by atomic mass is 10.2. The fraction of sp³-hybridized carbons (Fsp3) is 0.364. The maximum atomic E-state index is 7.48. The van der Waals surface area contributed by atoms with Crippen molar-refractivity contribution in [1.29, 1.82) is 0 Å². The molecule has 0 fully saturated rings. The molecule has 15 heavy (non-hydrogen) atoms. The monoisotopic (exact) mass is 205 g/mol. The molecule has 2 aliphatic heterocycles. The first-order chi connectivity index (χ1) is 7.83. The van der Waals surface area contributed by atoms with Gasteiger partial charge in [0.05, 0.1) is 7.92 Å². The average Bonchev–Trinajstić information content (AvgIpc) is 2.82. The molecule has 0 radical (unpaired) electrons. The van der Waals surface area contributed by atoms with Gasteiger partial charge in [0.2, 0.25) is 0 Å². The zero-order chi connectivity index (χ0) is 11.0. The molecule has 0 bridgehead atoms. The van der Waals surface area contributed by atoms with Crippen LogP contribution >= 0.6 is 0 Å². The lowest BCUT2D eigenvalue weighted by molar-refractivity contribution is 0.133. The van der Waals surface area contributed by atoms with Gasteiger partial charge in [-0.1, -0.05) is 12.1 Å². The molecule has 0 aromatic heterocycles. The second-order valence-electron chi connectivity index (χ2n) is 3.48. The molecular formula is C11H12N2O2. The summed E-state index contributed by atoms with van der Waals surface area (Å²) in [6, 6.07) is 5.54. The standard InChI is InChI=1S/C11H12N2O2/c1-2-4-9-8(3-1)14-7-10(15-9)11-12-5-6-13-11/h1-4,10H,5-7H2,(H,12,13)/t10-/m1/s1/i1D. The van der Waals surface area contributed by atoms with Crippen molar-refractivity contribution in [2.24, 2.45) is 4.99 Å². The van der Waals surface area contributed by atoms with Crippen molar-refractivity contribution >= 4 is 5.84 Å². The molecule has 2 heterocycles. The summed E-state index contributed by atoms with van der Waals surface area (Å²) >= 11 is 0. The van der Waals surface area contributed by atoms with E-state index in [0.29, 0.717) is 24.1 Å². The number of hydrogen-bond acceptors (Lipinski definition) is 4. The third-order valence-corrected chi connectivity index (χ3v) is 2.45. The first-order valence-corrected chi connectivity index (χ1v) is 5.01. The van der Waals surface area contributed by atoms with E-state index in [1.54, 1.807) is 18.2 Å². The van der Waals surface area contributed by atoms with Gasteiger partial charge >= 0.3 is 0 Å². The number of rotatable bonds is 1. The highest BCUT2D eigenvalue weighted by atomic mass is 16.6. The molecule has 0 saturated heterocycles. The molecule has 4 heteroatoms. The lowest BCUT2D eigenvalue weighted by Gasteiger charge is -2.26. The van der Waals surface area contributed by atoms with E-state index in [1.807, 2.05) is 0 Å². The topological polar surface area (TPSA) is 42.8 Å². The Balaban J connectivity index is 1.83. The molecule has 0 saturated carbocycles. The van der Waals surface area contributed by atoms with E-state index in [9.17, 15) is 0 Å². The average molecular weight is 205 g/mol. The van der Waals surface area contributed by atoms with Crippen molar-refractivity contribution in [1.82, 2.24) is 5.32 Å². The molecule has 1 aromatic carbocycles. The summed E-state index contributed by atoms with van der Waals surface area (Å²) < 4.78 is 18.8. The van der Waals surface area contributed by atoms with Gasteiger partial charge in [0, 0.05) is 6.54 Å². The summed E-state index contributed by atoms with van der Waals surface area (Å²) in [5.41, 5.74) is 0. The Morgan fingerprint density at radius 1 is 1.47 bits per heavy atom. The quantitative estimate of drug-likeness (QED) is 0.738. The molecule has 4 nitrogen and oxygen atoms in total. The van der Waals surface area contributed by atoms with Gasteiger partial charge in [0.25, 0.3) is 0 Å². The van der Waals surface area contributed by atoms with Gasteiger partial charge in [-0.25, -0.2) is 0 Å². The number of aliphatic imine (C=N–C) groups is 1. The van der Waals surface area contributed by atoms with Crippen LogP contribution in [-0.2, 0) is 0 Å². The Morgan fingerprint density at radius 2 is 2.47 bits per heavy atom. The highest BCUT2D eigenvalue weighted by Gasteiger charge is 2.26. The number of benzene rings is 1. The van der Waals surface area contributed by atoms with Crippen LogP contribution in [0, 0.1) is 0 Å². The zero-order valence-corrected chi connectivity index (χ0v) is 8.19. The normalized spacial score (nSPS) is 24.1. The van der Waals surface area contributed by atoms with E-state index >= 15 is 0 Å². The summed E-state index contributed by atoms with van der Waals surface area (Å²) in [6.07, 6.45) is -0.147. The molecule has 0 unspecified atom stereocenters. The summed E-state index contributed by atoms with van der Waals surface area (Å²) in [5, 5.41) is 3.18. The van der Waals surface area contributed by atoms with Crippen molar-refractivity contribution in [3.8, 4) is 11.5 Å². The maximum Gasteiger partial charge on any atom is 0.189 e. The predicted octanol–water partition coefficient (Wildman–Crippen LogP) is 0.828. The number of nitrogens with one attached hydrogen (secondary N) is 1. The minimum Gasteiger partial charge on any atom is -0.485 e. The Morgan fingerprint density at radius 3 is 3.33 bits per heavy atom. The molecule has 0 aliphatic carbocycles. The van der Waals surface area contributed by atoms with Crippen LogP contribution in [0.1, 0.15) is 1.37 Å². The van der Waals surface area contributed by atoms with Crippen LogP contribution < -0.4 is 14.8 Å². The third-order valence-electron chi connectivity index (χ3n) is 2.45. The van der Waals surface area contributed by atoms with E-state index in [-0.39, 0.29) is 6.10 Å². The van der Waals surface area contributed by atoms with Gasteiger partial charge in [-0.2, -0.15) is 0 Å². The maximum absolute atomic E-state index is 7.48. The minimum atomic E-state index is -0.147. The smallest absolute Gasteiger partial charge is 0.189 e. The SMILES string of the molecule is [2H]c1ccc2c(c1)OC[C@H](C1=NCCN1)O2. The molecule has 1 N–H and O–H groups in total. The van der Waals surface area contributed by atoms with Crippen LogP contribution in [0.2, 0.25) is 0 Å². The van der Waals surface area contributed by atoms with Crippen LogP contribution in [0.15, 0.2) is 29.2 Å². The largest absolute Gasteiger partial charge is 0.485 e. The van der Waals surface area contributed by atoms with Crippen molar-refractivity contribution < 1.29 is 10.8 Å². The summed E-state index contributed by atoms with van der Waals surface area (Å²) in [6.45, 7) is 2.11. The Bertz CT molecular complexity index is 448. The van der Waals surface area contributed by atoms with Gasteiger partial charge in [0.1, 0.15) is 12.4 Å². The molecule has 0 spiro atoms. The molecule has 2 aliphatic rings. The fourth-order valence-electron chi connectivity index (χ4n) is 1.73. The van der Waals surface area contributed by atoms with E-state index in [2.05, 4.69) is 10.3 Å². The van der Waals surface area contributed by atoms with Crippen LogP contribution in [0.5, 0.6) is 11.5 Å². The number of para-hydroxylation sites is 2. The third kappa shape index (κ3) is 1.52. The predicted molar refractivity (Wildman–Crippen MR) is 56.7 cm³/mol. The first kappa shape index (κ1) is 7.56. The highest BCUT2D eigenvalue weighted by molar-refractivity contribution is 5.88.